The minimum atomic E-state index is -2.07. The molecule has 1 aliphatic heterocycles. The summed E-state index contributed by atoms with van der Waals surface area (Å²) in [6.07, 6.45) is -1.79. The predicted octanol–water partition coefficient (Wildman–Crippen LogP) is 3.99. The fraction of sp³-hybridized carbons (Fsp3) is 0.571. The van der Waals surface area contributed by atoms with Crippen LogP contribution in [0.5, 0.6) is 0 Å². The molecule has 0 aromatic heterocycles. The van der Waals surface area contributed by atoms with E-state index in [9.17, 15) is 24.5 Å². The first-order valence-corrected chi connectivity index (χ1v) is 14.2. The monoisotopic (exact) mass is 498 g/mol. The maximum Gasteiger partial charge on any atom is 0.508 e. The van der Waals surface area contributed by atoms with Crippen LogP contribution in [0.3, 0.4) is 0 Å². The number of ether oxygens (including phenoxy) is 2. The number of thioether (sulfide) groups is 1. The number of nitro benzene ring substituents is 1. The van der Waals surface area contributed by atoms with Crippen LogP contribution in [0.25, 0.3) is 0 Å². The predicted molar refractivity (Wildman–Crippen MR) is 125 cm³/mol. The fourth-order valence-corrected chi connectivity index (χ4v) is 4.78. The molecular weight excluding hydrogens is 468 g/mol. The van der Waals surface area contributed by atoms with Crippen molar-refractivity contribution >= 4 is 42.9 Å². The van der Waals surface area contributed by atoms with E-state index < -0.39 is 36.8 Å². The summed E-state index contributed by atoms with van der Waals surface area (Å²) in [6, 6.07) is 5.55. The van der Waals surface area contributed by atoms with E-state index in [0.29, 0.717) is 5.56 Å². The Balaban J connectivity index is 1.81. The second-order valence-electron chi connectivity index (χ2n) is 9.28. The van der Waals surface area contributed by atoms with Crippen LogP contribution in [-0.4, -0.2) is 48.5 Å². The van der Waals surface area contributed by atoms with Crippen molar-refractivity contribution in [1.29, 1.82) is 0 Å². The summed E-state index contributed by atoms with van der Waals surface area (Å²) in [5.74, 6) is -1.01. The van der Waals surface area contributed by atoms with Crippen molar-refractivity contribution in [3.8, 4) is 0 Å². The number of β-lactam (4-membered cyclic amide) rings is 1. The summed E-state index contributed by atoms with van der Waals surface area (Å²) in [4.78, 5) is 46.6. The molecule has 1 N–H and O–H groups in total. The van der Waals surface area contributed by atoms with Crippen molar-refractivity contribution in [3.63, 3.8) is 0 Å². The van der Waals surface area contributed by atoms with Crippen molar-refractivity contribution in [2.75, 3.05) is 6.61 Å². The van der Waals surface area contributed by atoms with Crippen molar-refractivity contribution in [3.05, 3.63) is 39.9 Å². The minimum Gasteiger partial charge on any atom is -0.430 e. The zero-order valence-electron chi connectivity index (χ0n) is 19.6. The standard InChI is InChI=1S/C21H30N2O8SSi/c1-13(31-20(26)29-11-14-7-9-15(10-8-14)23(27)28)17-18(25)22-19(17)32-16(24)12-30-33(5,6)21(2,3)4/h7-10,13,17,19H,11-12H2,1-6H3,(H,22,25)/t13-,17?,19?/m1/s1. The lowest BCUT2D eigenvalue weighted by Crippen LogP contribution is -2.61. The molecule has 2 rings (SSSR count). The smallest absolute Gasteiger partial charge is 0.430 e. The summed E-state index contributed by atoms with van der Waals surface area (Å²) in [5.41, 5.74) is 0.478. The Morgan fingerprint density at radius 1 is 1.24 bits per heavy atom. The summed E-state index contributed by atoms with van der Waals surface area (Å²) in [5, 5.41) is 12.6. The first-order valence-electron chi connectivity index (χ1n) is 10.4. The van der Waals surface area contributed by atoms with E-state index in [1.165, 1.54) is 24.3 Å². The van der Waals surface area contributed by atoms with Crippen molar-refractivity contribution in [1.82, 2.24) is 5.32 Å². The van der Waals surface area contributed by atoms with Gasteiger partial charge in [-0.05, 0) is 42.8 Å². The third-order valence-corrected chi connectivity index (χ3v) is 11.3. The summed E-state index contributed by atoms with van der Waals surface area (Å²) >= 11 is 0.958. The molecule has 1 amide bonds. The van der Waals surface area contributed by atoms with Crippen molar-refractivity contribution in [2.45, 2.75) is 63.9 Å². The number of nitrogens with zero attached hydrogens (tertiary/aromatic N) is 1. The number of hydrogen-bond acceptors (Lipinski definition) is 9. The second kappa shape index (κ2) is 10.7. The zero-order chi connectivity index (χ0) is 25.0. The quantitative estimate of drug-likeness (QED) is 0.176. The van der Waals surface area contributed by atoms with Gasteiger partial charge in [-0.2, -0.15) is 0 Å². The molecule has 10 nitrogen and oxygen atoms in total. The van der Waals surface area contributed by atoms with E-state index in [1.807, 2.05) is 0 Å². The molecule has 2 unspecified atom stereocenters. The largest absolute Gasteiger partial charge is 0.508 e. The van der Waals surface area contributed by atoms with E-state index in [0.717, 1.165) is 11.8 Å². The molecule has 12 heteroatoms. The van der Waals surface area contributed by atoms with Gasteiger partial charge in [0.25, 0.3) is 5.69 Å². The molecule has 1 saturated heterocycles. The van der Waals surface area contributed by atoms with Gasteiger partial charge in [0, 0.05) is 12.1 Å². The minimum absolute atomic E-state index is 0.0254. The molecule has 1 fully saturated rings. The molecule has 3 atom stereocenters. The maximum absolute atomic E-state index is 12.4. The molecule has 0 saturated carbocycles. The third kappa shape index (κ3) is 7.27. The second-order valence-corrected chi connectivity index (χ2v) is 15.3. The Kier molecular flexibility index (Phi) is 8.66. The number of benzene rings is 1. The van der Waals surface area contributed by atoms with Crippen LogP contribution >= 0.6 is 11.8 Å². The van der Waals surface area contributed by atoms with Gasteiger partial charge >= 0.3 is 6.16 Å². The van der Waals surface area contributed by atoms with Gasteiger partial charge < -0.3 is 19.2 Å². The van der Waals surface area contributed by atoms with Crippen LogP contribution in [-0.2, 0) is 30.1 Å². The Labute approximate surface area is 198 Å². The third-order valence-electron chi connectivity index (χ3n) is 5.82. The molecular formula is C21H30N2O8SSi. The lowest BCUT2D eigenvalue weighted by Gasteiger charge is -2.39. The van der Waals surface area contributed by atoms with Gasteiger partial charge in [-0.25, -0.2) is 4.79 Å². The summed E-state index contributed by atoms with van der Waals surface area (Å²) in [7, 11) is -2.07. The van der Waals surface area contributed by atoms with Gasteiger partial charge in [0.1, 0.15) is 25.2 Å². The number of carbonyl (C=O) groups is 3. The molecule has 1 aromatic carbocycles. The highest BCUT2D eigenvalue weighted by Gasteiger charge is 2.46. The molecule has 0 bridgehead atoms. The lowest BCUT2D eigenvalue weighted by atomic mass is 9.96. The van der Waals surface area contributed by atoms with Crippen LogP contribution in [0.2, 0.25) is 18.1 Å². The van der Waals surface area contributed by atoms with Crippen molar-refractivity contribution in [2.24, 2.45) is 5.92 Å². The molecule has 1 aromatic rings. The SMILES string of the molecule is C[C@@H](OC(=O)OCc1ccc([N+](=O)[O-])cc1)C1C(=O)NC1SC(=O)CO[Si](C)(C)C(C)(C)C. The Bertz CT molecular complexity index is 901. The van der Waals surface area contributed by atoms with Crippen LogP contribution in [0.15, 0.2) is 24.3 Å². The van der Waals surface area contributed by atoms with E-state index in [-0.39, 0.29) is 35.0 Å². The van der Waals surface area contributed by atoms with Crippen LogP contribution in [0.4, 0.5) is 10.5 Å². The number of hydrogen-bond donors (Lipinski definition) is 1. The molecule has 0 aliphatic carbocycles. The number of nitro groups is 1. The van der Waals surface area contributed by atoms with Gasteiger partial charge in [0.15, 0.2) is 8.32 Å². The number of non-ortho nitro benzene ring substituents is 1. The van der Waals surface area contributed by atoms with Gasteiger partial charge in [-0.1, -0.05) is 32.5 Å². The maximum atomic E-state index is 12.4. The van der Waals surface area contributed by atoms with Gasteiger partial charge in [0.2, 0.25) is 11.0 Å². The Hall–Kier alpha value is -2.44. The Morgan fingerprint density at radius 3 is 2.36 bits per heavy atom. The van der Waals surface area contributed by atoms with Gasteiger partial charge in [-0.15, -0.1) is 0 Å². The number of carbonyl (C=O) groups excluding carboxylic acids is 3. The van der Waals surface area contributed by atoms with Gasteiger partial charge in [0.05, 0.1) is 10.3 Å². The normalized spacial score (nSPS) is 19.2. The first-order chi connectivity index (χ1) is 15.2. The number of amides is 1. The highest BCUT2D eigenvalue weighted by atomic mass is 32.2. The Morgan fingerprint density at radius 2 is 1.85 bits per heavy atom. The molecule has 1 heterocycles. The fourth-order valence-electron chi connectivity index (χ4n) is 2.68. The zero-order valence-corrected chi connectivity index (χ0v) is 21.4. The first kappa shape index (κ1) is 26.8. The highest BCUT2D eigenvalue weighted by Crippen LogP contribution is 2.37. The van der Waals surface area contributed by atoms with Crippen LogP contribution in [0, 0.1) is 16.0 Å². The van der Waals surface area contributed by atoms with E-state index >= 15 is 0 Å². The molecule has 0 spiro atoms. The number of rotatable bonds is 9. The molecule has 0 radical (unpaired) electrons. The molecule has 1 aliphatic rings. The molecule has 182 valence electrons. The van der Waals surface area contributed by atoms with Crippen molar-refractivity contribution < 1.29 is 33.2 Å². The van der Waals surface area contributed by atoms with E-state index in [2.05, 4.69) is 39.2 Å². The van der Waals surface area contributed by atoms with Crippen LogP contribution in [0.1, 0.15) is 33.3 Å². The summed E-state index contributed by atoms with van der Waals surface area (Å²) in [6.45, 7) is 11.7. The van der Waals surface area contributed by atoms with Crippen LogP contribution < -0.4 is 5.32 Å². The highest BCUT2D eigenvalue weighted by molar-refractivity contribution is 8.14. The van der Waals surface area contributed by atoms with E-state index in [4.69, 9.17) is 13.9 Å². The summed E-state index contributed by atoms with van der Waals surface area (Å²) < 4.78 is 16.1. The topological polar surface area (TPSA) is 134 Å². The molecule has 33 heavy (non-hydrogen) atoms. The van der Waals surface area contributed by atoms with E-state index in [1.54, 1.807) is 6.92 Å². The van der Waals surface area contributed by atoms with Gasteiger partial charge in [-0.3, -0.25) is 19.7 Å². The average molecular weight is 499 g/mol. The average Bonchev–Trinajstić information content (AvgIpc) is 2.69. The number of nitrogens with one attached hydrogen (secondary N) is 1. The lowest BCUT2D eigenvalue weighted by molar-refractivity contribution is -0.384.